The summed E-state index contributed by atoms with van der Waals surface area (Å²) in [7, 11) is 0. The molecule has 0 atom stereocenters. The maximum absolute atomic E-state index is 12.5. The number of nitrogens with zero attached hydrogens (tertiary/aromatic N) is 3. The van der Waals surface area contributed by atoms with E-state index in [0.29, 0.717) is 0 Å². The summed E-state index contributed by atoms with van der Waals surface area (Å²) in [5.41, 5.74) is -0.694. The molecule has 144 valence electrons. The Morgan fingerprint density at radius 3 is 2.75 bits per heavy atom. The molecule has 9 nitrogen and oxygen atoms in total. The normalized spacial score (nSPS) is 10.8. The van der Waals surface area contributed by atoms with Crippen molar-refractivity contribution in [3.8, 4) is 5.75 Å². The number of alkyl halides is 2. The Bertz CT molecular complexity index is 1120. The Hall–Kier alpha value is -3.89. The molecule has 3 aromatic rings. The van der Waals surface area contributed by atoms with Gasteiger partial charge in [0.1, 0.15) is 12.3 Å². The molecule has 0 aliphatic rings. The van der Waals surface area contributed by atoms with Crippen LogP contribution in [0.15, 0.2) is 53.6 Å². The summed E-state index contributed by atoms with van der Waals surface area (Å²) in [6, 6.07) is 9.20. The first kappa shape index (κ1) is 18.9. The molecule has 0 bridgehead atoms. The summed E-state index contributed by atoms with van der Waals surface area (Å²) in [4.78, 5) is 39.0. The summed E-state index contributed by atoms with van der Waals surface area (Å²) in [6.45, 7) is -3.55. The van der Waals surface area contributed by atoms with Gasteiger partial charge in [-0.15, -0.1) is 0 Å². The molecule has 0 radical (unpaired) electrons. The second kappa shape index (κ2) is 7.78. The van der Waals surface area contributed by atoms with Gasteiger partial charge in [-0.3, -0.25) is 24.3 Å². The van der Waals surface area contributed by atoms with Crippen LogP contribution in [0, 0.1) is 10.1 Å². The molecule has 0 aliphatic heterocycles. The molecular weight excluding hydrogens is 378 g/mol. The number of nitrogens with one attached hydrogen (secondary N) is 1. The average Bonchev–Trinajstić information content (AvgIpc) is 2.65. The van der Waals surface area contributed by atoms with E-state index in [1.54, 1.807) is 0 Å². The van der Waals surface area contributed by atoms with Gasteiger partial charge in [0.15, 0.2) is 0 Å². The van der Waals surface area contributed by atoms with Gasteiger partial charge >= 0.3 is 6.61 Å². The predicted octanol–water partition coefficient (Wildman–Crippen LogP) is 2.54. The van der Waals surface area contributed by atoms with Crippen LogP contribution in [0.3, 0.4) is 0 Å². The van der Waals surface area contributed by atoms with Crippen molar-refractivity contribution in [2.45, 2.75) is 13.2 Å². The molecule has 3 rings (SSSR count). The number of ether oxygens (including phenoxy) is 1. The highest BCUT2D eigenvalue weighted by Gasteiger charge is 2.14. The molecule has 11 heteroatoms. The van der Waals surface area contributed by atoms with Crippen LogP contribution in [0.25, 0.3) is 10.9 Å². The zero-order valence-electron chi connectivity index (χ0n) is 14.0. The van der Waals surface area contributed by atoms with E-state index in [-0.39, 0.29) is 28.0 Å². The van der Waals surface area contributed by atoms with Gasteiger partial charge in [-0.05, 0) is 18.2 Å². The number of amides is 1. The number of non-ortho nitro benzene ring substituents is 1. The molecule has 1 aromatic heterocycles. The molecule has 0 spiro atoms. The molecule has 2 aromatic carbocycles. The van der Waals surface area contributed by atoms with Crippen molar-refractivity contribution < 1.29 is 23.2 Å². The first-order valence-electron chi connectivity index (χ1n) is 7.82. The van der Waals surface area contributed by atoms with Gasteiger partial charge in [0, 0.05) is 12.1 Å². The topological polar surface area (TPSA) is 116 Å². The zero-order chi connectivity index (χ0) is 20.3. The second-order valence-corrected chi connectivity index (χ2v) is 5.56. The number of hydrogen-bond acceptors (Lipinski definition) is 6. The Morgan fingerprint density at radius 1 is 1.29 bits per heavy atom. The fourth-order valence-corrected chi connectivity index (χ4v) is 2.49. The third kappa shape index (κ3) is 4.09. The lowest BCUT2D eigenvalue weighted by molar-refractivity contribution is -0.384. The van der Waals surface area contributed by atoms with E-state index in [9.17, 15) is 28.5 Å². The van der Waals surface area contributed by atoms with Crippen molar-refractivity contribution in [3.63, 3.8) is 0 Å². The van der Waals surface area contributed by atoms with Crippen LogP contribution in [0.2, 0.25) is 0 Å². The lowest BCUT2D eigenvalue weighted by atomic mass is 10.2. The lowest BCUT2D eigenvalue weighted by Crippen LogP contribution is -2.28. The van der Waals surface area contributed by atoms with Crippen LogP contribution < -0.4 is 15.6 Å². The Kier molecular flexibility index (Phi) is 5.25. The highest BCUT2D eigenvalue weighted by Crippen LogP contribution is 2.25. The second-order valence-electron chi connectivity index (χ2n) is 5.56. The molecule has 1 heterocycles. The maximum atomic E-state index is 12.5. The van der Waals surface area contributed by atoms with E-state index in [1.807, 2.05) is 0 Å². The first-order chi connectivity index (χ1) is 13.3. The number of para-hydroxylation sites is 2. The number of anilines is 1. The summed E-state index contributed by atoms with van der Waals surface area (Å²) >= 11 is 0. The van der Waals surface area contributed by atoms with Crippen molar-refractivity contribution in [2.24, 2.45) is 0 Å². The number of carbonyl (C=O) groups excluding carboxylic acids is 1. The molecule has 0 saturated heterocycles. The van der Waals surface area contributed by atoms with Crippen LogP contribution in [0.4, 0.5) is 20.2 Å². The molecule has 0 fully saturated rings. The average molecular weight is 390 g/mol. The minimum Gasteiger partial charge on any atom is -0.433 e. The summed E-state index contributed by atoms with van der Waals surface area (Å²) in [5, 5.41) is 13.2. The van der Waals surface area contributed by atoms with Crippen molar-refractivity contribution in [1.82, 2.24) is 9.55 Å². The molecule has 0 saturated carbocycles. The predicted molar refractivity (Wildman–Crippen MR) is 94.4 cm³/mol. The summed E-state index contributed by atoms with van der Waals surface area (Å²) in [5.74, 6) is -0.926. The fourth-order valence-electron chi connectivity index (χ4n) is 2.49. The largest absolute Gasteiger partial charge is 0.433 e. The van der Waals surface area contributed by atoms with Crippen LogP contribution in [0.1, 0.15) is 0 Å². The van der Waals surface area contributed by atoms with Crippen LogP contribution >= 0.6 is 0 Å². The van der Waals surface area contributed by atoms with Crippen molar-refractivity contribution in [1.29, 1.82) is 0 Å². The van der Waals surface area contributed by atoms with Crippen molar-refractivity contribution >= 4 is 28.2 Å². The Labute approximate surface area is 155 Å². The van der Waals surface area contributed by atoms with Gasteiger partial charge < -0.3 is 10.1 Å². The number of nitro groups is 1. The lowest BCUT2D eigenvalue weighted by Gasteiger charge is -2.12. The molecule has 1 amide bonds. The van der Waals surface area contributed by atoms with E-state index < -0.39 is 29.5 Å². The third-order valence-corrected chi connectivity index (χ3v) is 3.71. The summed E-state index contributed by atoms with van der Waals surface area (Å²) in [6.07, 6.45) is 1.12. The number of halogens is 2. The maximum Gasteiger partial charge on any atom is 0.387 e. The van der Waals surface area contributed by atoms with Gasteiger partial charge in [0.2, 0.25) is 5.91 Å². The fraction of sp³-hybridized carbons (Fsp3) is 0.118. The van der Waals surface area contributed by atoms with Gasteiger partial charge in [-0.25, -0.2) is 4.98 Å². The van der Waals surface area contributed by atoms with Crippen molar-refractivity contribution in [2.75, 3.05) is 5.32 Å². The first-order valence-corrected chi connectivity index (χ1v) is 7.82. The number of hydrogen-bond donors (Lipinski definition) is 1. The van der Waals surface area contributed by atoms with E-state index >= 15 is 0 Å². The van der Waals surface area contributed by atoms with Crippen LogP contribution in [-0.2, 0) is 11.3 Å². The van der Waals surface area contributed by atoms with Gasteiger partial charge in [-0.2, -0.15) is 8.78 Å². The number of benzene rings is 2. The quantitative estimate of drug-likeness (QED) is 0.511. The highest BCUT2D eigenvalue weighted by molar-refractivity contribution is 5.92. The number of aromatic nitrogens is 2. The zero-order valence-corrected chi connectivity index (χ0v) is 14.0. The van der Waals surface area contributed by atoms with Gasteiger partial charge in [-0.1, -0.05) is 12.1 Å². The van der Waals surface area contributed by atoms with E-state index in [2.05, 4.69) is 15.0 Å². The number of fused-ring (bicyclic) bond motifs is 1. The number of carbonyl (C=O) groups is 1. The number of rotatable bonds is 6. The highest BCUT2D eigenvalue weighted by atomic mass is 19.3. The van der Waals surface area contributed by atoms with Gasteiger partial charge in [0.25, 0.3) is 11.2 Å². The Balaban J connectivity index is 1.85. The minimum atomic E-state index is -3.07. The SMILES string of the molecule is O=C(Cn1cnc2ccc([N+](=O)[O-])cc2c1=O)Nc1ccccc1OC(F)F. The molecular formula is C17H12F2N4O5. The van der Waals surface area contributed by atoms with Crippen molar-refractivity contribution in [3.05, 3.63) is 69.3 Å². The molecule has 28 heavy (non-hydrogen) atoms. The van der Waals surface area contributed by atoms with Gasteiger partial charge in [0.05, 0.1) is 27.8 Å². The van der Waals surface area contributed by atoms with Crippen LogP contribution in [0.5, 0.6) is 5.75 Å². The number of nitro benzene ring substituents is 1. The summed E-state index contributed by atoms with van der Waals surface area (Å²) < 4.78 is 30.2. The Morgan fingerprint density at radius 2 is 2.04 bits per heavy atom. The minimum absolute atomic E-state index is 0.00485. The molecule has 1 N–H and O–H groups in total. The monoisotopic (exact) mass is 390 g/mol. The standard InChI is InChI=1S/C17H12F2N4O5/c18-17(19)28-14-4-2-1-3-13(14)21-15(24)8-22-9-20-12-6-5-10(23(26)27)7-11(12)16(22)25/h1-7,9,17H,8H2,(H,21,24). The van der Waals surface area contributed by atoms with Crippen LogP contribution in [-0.4, -0.2) is 27.0 Å². The molecule has 0 unspecified atom stereocenters. The smallest absolute Gasteiger partial charge is 0.387 e. The van der Waals surface area contributed by atoms with E-state index in [4.69, 9.17) is 0 Å². The van der Waals surface area contributed by atoms with E-state index in [1.165, 1.54) is 36.4 Å². The third-order valence-electron chi connectivity index (χ3n) is 3.71. The van der Waals surface area contributed by atoms with E-state index in [0.717, 1.165) is 17.0 Å². The molecule has 0 aliphatic carbocycles.